The predicted molar refractivity (Wildman–Crippen MR) is 84.2 cm³/mol. The Morgan fingerprint density at radius 1 is 0.842 bits per heavy atom. The molecule has 0 aliphatic carbocycles. The van der Waals surface area contributed by atoms with Crippen LogP contribution < -0.4 is 17.0 Å². The molecule has 0 aromatic heterocycles. The number of hydrogen-bond acceptors (Lipinski definition) is 0. The fourth-order valence-electron chi connectivity index (χ4n) is 1.39. The molecule has 0 atom stereocenters. The topological polar surface area (TPSA) is 0 Å². The van der Waals surface area contributed by atoms with E-state index in [2.05, 4.69) is 51.5 Å². The van der Waals surface area contributed by atoms with Crippen LogP contribution in [-0.2, 0) is 6.42 Å². The van der Waals surface area contributed by atoms with E-state index in [-0.39, 0.29) is 40.0 Å². The summed E-state index contributed by atoms with van der Waals surface area (Å²) in [5.74, 6) is 0. The number of benzene rings is 1. The van der Waals surface area contributed by atoms with E-state index in [9.17, 15) is 0 Å². The number of hydrogen-bond donors (Lipinski definition) is 0. The molecule has 1 aromatic carbocycles. The third kappa shape index (κ3) is 23.5. The first-order valence-corrected chi connectivity index (χ1v) is 6.67. The van der Waals surface area contributed by atoms with E-state index in [1.165, 1.54) is 37.7 Å². The van der Waals surface area contributed by atoms with E-state index < -0.39 is 0 Å². The van der Waals surface area contributed by atoms with Crippen molar-refractivity contribution in [2.75, 3.05) is 0 Å². The zero-order valence-corrected chi connectivity index (χ0v) is 15.8. The van der Waals surface area contributed by atoms with Gasteiger partial charge < -0.3 is 29.8 Å². The Balaban J connectivity index is -0.0000000965. The van der Waals surface area contributed by atoms with Crippen LogP contribution in [0.5, 0.6) is 0 Å². The first-order chi connectivity index (χ1) is 8.35. The van der Waals surface area contributed by atoms with Gasteiger partial charge in [0.05, 0.1) is 0 Å². The van der Waals surface area contributed by atoms with E-state index in [4.69, 9.17) is 6.42 Å². The Morgan fingerprint density at radius 2 is 1.26 bits per heavy atom. The zero-order valence-electron chi connectivity index (χ0n) is 12.8. The molecular formula is C17H27BrMg. The molecule has 1 rings (SSSR count). The van der Waals surface area contributed by atoms with Gasteiger partial charge in [0.2, 0.25) is 0 Å². The molecule has 0 heterocycles. The normalized spacial score (nSPS) is 7.42. The Labute approximate surface area is 147 Å². The Hall–Kier alpha value is 0.0262. The predicted octanol–water partition coefficient (Wildman–Crippen LogP) is 2.05. The smallest absolute Gasteiger partial charge is 1.00 e. The number of unbranched alkanes of at least 4 members (excludes halogenated alkanes) is 4. The summed E-state index contributed by atoms with van der Waals surface area (Å²) in [4.78, 5) is 0. The summed E-state index contributed by atoms with van der Waals surface area (Å²) in [6.45, 7) is 6.65. The molecule has 0 amide bonds. The molecule has 0 saturated carbocycles. The molecular weight excluding hydrogens is 308 g/mol. The molecule has 0 N–H and O–H groups in total. The third-order valence-electron chi connectivity index (χ3n) is 2.46. The van der Waals surface area contributed by atoms with Crippen LogP contribution in [-0.4, -0.2) is 23.1 Å². The van der Waals surface area contributed by atoms with Crippen LogP contribution >= 0.6 is 0 Å². The third-order valence-corrected chi connectivity index (χ3v) is 2.46. The van der Waals surface area contributed by atoms with Crippen LogP contribution in [0.2, 0.25) is 0 Å². The van der Waals surface area contributed by atoms with Crippen molar-refractivity contribution < 1.29 is 17.0 Å². The van der Waals surface area contributed by atoms with Crippen molar-refractivity contribution in [3.8, 4) is 6.42 Å². The molecule has 0 aliphatic heterocycles. The molecule has 0 saturated heterocycles. The average Bonchev–Trinajstić information content (AvgIpc) is 2.43. The molecule has 2 heteroatoms. The van der Waals surface area contributed by atoms with E-state index >= 15 is 0 Å². The van der Waals surface area contributed by atoms with Gasteiger partial charge in [-0.2, -0.15) is 0 Å². The number of terminal acetylenes is 1. The zero-order chi connectivity index (χ0) is 13.4. The second-order valence-corrected chi connectivity index (χ2v) is 3.90. The van der Waals surface area contributed by atoms with Crippen LogP contribution in [0, 0.1) is 12.8 Å². The summed E-state index contributed by atoms with van der Waals surface area (Å²) in [6, 6.07) is 10.5. The molecule has 104 valence electrons. The minimum absolute atomic E-state index is 0. The fourth-order valence-corrected chi connectivity index (χ4v) is 1.39. The van der Waals surface area contributed by atoms with Crippen molar-refractivity contribution in [1.82, 2.24) is 0 Å². The average molecular weight is 336 g/mol. The maximum Gasteiger partial charge on any atom is 2.00 e. The molecule has 0 aliphatic rings. The molecule has 0 nitrogen and oxygen atoms in total. The summed E-state index contributed by atoms with van der Waals surface area (Å²) >= 11 is 0. The second kappa shape index (κ2) is 26.6. The van der Waals surface area contributed by atoms with Crippen LogP contribution in [0.25, 0.3) is 0 Å². The fraction of sp³-hybridized carbons (Fsp3) is 0.529. The summed E-state index contributed by atoms with van der Waals surface area (Å²) in [5.41, 5.74) is 1.41. The SMILES string of the molecule is CCCCCCC.CCc1ccccc1.[Br-].[C-]#C.[Mg+2]. The van der Waals surface area contributed by atoms with Gasteiger partial charge in [0.25, 0.3) is 0 Å². The summed E-state index contributed by atoms with van der Waals surface area (Å²) < 4.78 is 0. The summed E-state index contributed by atoms with van der Waals surface area (Å²) in [5, 5.41) is 0. The molecule has 0 spiro atoms. The first-order valence-electron chi connectivity index (χ1n) is 6.67. The molecule has 0 bridgehead atoms. The van der Waals surface area contributed by atoms with Gasteiger partial charge in [-0.3, -0.25) is 0 Å². The van der Waals surface area contributed by atoms with Gasteiger partial charge in [0.1, 0.15) is 0 Å². The van der Waals surface area contributed by atoms with Crippen molar-refractivity contribution in [3.05, 3.63) is 42.3 Å². The number of aryl methyl sites for hydroxylation is 1. The molecule has 0 radical (unpaired) electrons. The Bertz CT molecular complexity index is 240. The molecule has 19 heavy (non-hydrogen) atoms. The van der Waals surface area contributed by atoms with Gasteiger partial charge in [0.15, 0.2) is 0 Å². The Morgan fingerprint density at radius 3 is 1.53 bits per heavy atom. The van der Waals surface area contributed by atoms with E-state index in [0.717, 1.165) is 6.42 Å². The maximum absolute atomic E-state index is 5.25. The van der Waals surface area contributed by atoms with Crippen molar-refractivity contribution >= 4 is 23.1 Å². The van der Waals surface area contributed by atoms with Crippen LogP contribution in [0.15, 0.2) is 30.3 Å². The van der Waals surface area contributed by atoms with Crippen LogP contribution in [0.1, 0.15) is 58.4 Å². The second-order valence-electron chi connectivity index (χ2n) is 3.90. The largest absolute Gasteiger partial charge is 2.00 e. The quantitative estimate of drug-likeness (QED) is 0.334. The molecule has 1 aromatic rings. The van der Waals surface area contributed by atoms with E-state index in [0.29, 0.717) is 0 Å². The van der Waals surface area contributed by atoms with Crippen molar-refractivity contribution in [2.24, 2.45) is 0 Å². The van der Waals surface area contributed by atoms with Gasteiger partial charge in [0, 0.05) is 0 Å². The standard InChI is InChI=1S/C8H10.C7H16.C2H.BrH.Mg/c1-2-8-6-4-3-5-7-8;1-3-5-7-6-4-2;1-2;;/h3-7H,2H2,1H3;3-7H2,1-2H3;1H;1H;/q;;-1;;+2/p-1. The van der Waals surface area contributed by atoms with Crippen LogP contribution in [0.3, 0.4) is 0 Å². The number of rotatable bonds is 5. The van der Waals surface area contributed by atoms with E-state index in [1.54, 1.807) is 0 Å². The van der Waals surface area contributed by atoms with Crippen LogP contribution in [0.4, 0.5) is 0 Å². The minimum Gasteiger partial charge on any atom is -1.00 e. The number of halogens is 1. The minimum atomic E-state index is 0. The van der Waals surface area contributed by atoms with Gasteiger partial charge in [-0.15, -0.1) is 0 Å². The van der Waals surface area contributed by atoms with Crippen molar-refractivity contribution in [2.45, 2.75) is 59.3 Å². The van der Waals surface area contributed by atoms with Crippen molar-refractivity contribution in [3.63, 3.8) is 0 Å². The van der Waals surface area contributed by atoms with Gasteiger partial charge in [-0.1, -0.05) is 83.2 Å². The van der Waals surface area contributed by atoms with Gasteiger partial charge >= 0.3 is 23.1 Å². The van der Waals surface area contributed by atoms with E-state index in [1.807, 2.05) is 6.07 Å². The molecule has 0 unspecified atom stereocenters. The monoisotopic (exact) mass is 334 g/mol. The molecule has 0 fully saturated rings. The summed E-state index contributed by atoms with van der Waals surface area (Å²) in [6.07, 6.45) is 17.1. The first kappa shape index (κ1) is 27.4. The van der Waals surface area contributed by atoms with Gasteiger partial charge in [-0.25, -0.2) is 0 Å². The van der Waals surface area contributed by atoms with Crippen molar-refractivity contribution in [1.29, 1.82) is 0 Å². The summed E-state index contributed by atoms with van der Waals surface area (Å²) in [7, 11) is 0. The maximum atomic E-state index is 5.25. The Kier molecular flexibility index (Phi) is 38.3. The van der Waals surface area contributed by atoms with Gasteiger partial charge in [-0.05, 0) is 12.0 Å².